The molecule has 7 atom stereocenters. The summed E-state index contributed by atoms with van der Waals surface area (Å²) in [6.07, 6.45) is 7.68. The van der Waals surface area contributed by atoms with E-state index in [1.807, 2.05) is 6.08 Å². The highest BCUT2D eigenvalue weighted by Gasteiger charge is 2.62. The second-order valence-corrected chi connectivity index (χ2v) is 9.69. The molecule has 0 aliphatic heterocycles. The molecule has 0 spiro atoms. The molecule has 0 radical (unpaired) electrons. The number of carbonyl (C=O) groups excluding carboxylic acids is 2. The fourth-order valence-electron chi connectivity index (χ4n) is 7.46. The van der Waals surface area contributed by atoms with Crippen molar-refractivity contribution in [3.8, 4) is 0 Å². The SMILES string of the molecule is COCC(=O)[C@H]1CC[C@H]2[C@@H]3CCC4=CC(=O)CC[C@]4(C)[C@H]3[C@@H](O)C[C@]12C. The third-order valence-electron chi connectivity index (χ3n) is 8.57. The van der Waals surface area contributed by atoms with Crippen LogP contribution in [-0.4, -0.2) is 36.5 Å². The zero-order valence-electron chi connectivity index (χ0n) is 16.3. The second-order valence-electron chi connectivity index (χ2n) is 9.69. The van der Waals surface area contributed by atoms with E-state index < -0.39 is 0 Å². The second kappa shape index (κ2) is 6.27. The Balaban J connectivity index is 1.67. The average molecular weight is 360 g/mol. The molecule has 3 saturated carbocycles. The summed E-state index contributed by atoms with van der Waals surface area (Å²) in [5.74, 6) is 1.65. The predicted molar refractivity (Wildman–Crippen MR) is 98.5 cm³/mol. The smallest absolute Gasteiger partial charge is 0.162 e. The van der Waals surface area contributed by atoms with Gasteiger partial charge in [0.2, 0.25) is 0 Å². The van der Waals surface area contributed by atoms with E-state index in [1.165, 1.54) is 5.57 Å². The zero-order chi connectivity index (χ0) is 18.7. The van der Waals surface area contributed by atoms with Crippen molar-refractivity contribution in [1.29, 1.82) is 0 Å². The van der Waals surface area contributed by atoms with Gasteiger partial charge in [0, 0.05) is 19.4 Å². The van der Waals surface area contributed by atoms with Crippen molar-refractivity contribution in [2.75, 3.05) is 13.7 Å². The molecule has 0 saturated heterocycles. The molecule has 0 heterocycles. The quantitative estimate of drug-likeness (QED) is 0.839. The number of allylic oxidation sites excluding steroid dienone is 1. The van der Waals surface area contributed by atoms with Crippen LogP contribution in [0.2, 0.25) is 0 Å². The number of ketones is 2. The van der Waals surface area contributed by atoms with Gasteiger partial charge < -0.3 is 9.84 Å². The number of Topliss-reactive ketones (excluding diaryl/α,β-unsaturated/α-hetero) is 1. The Morgan fingerprint density at radius 3 is 2.77 bits per heavy atom. The molecule has 4 aliphatic rings. The van der Waals surface area contributed by atoms with Gasteiger partial charge in [0.05, 0.1) is 6.10 Å². The van der Waals surface area contributed by atoms with Gasteiger partial charge in [0.15, 0.2) is 11.6 Å². The lowest BCUT2D eigenvalue weighted by Crippen LogP contribution is -2.57. The predicted octanol–water partition coefficient (Wildman–Crippen LogP) is 3.32. The maximum absolute atomic E-state index is 12.6. The van der Waals surface area contributed by atoms with Crippen LogP contribution in [0.1, 0.15) is 58.8 Å². The monoisotopic (exact) mass is 360 g/mol. The number of aliphatic hydroxyl groups is 1. The molecule has 4 rings (SSSR count). The Kier molecular flexibility index (Phi) is 4.43. The molecule has 4 aliphatic carbocycles. The molecule has 1 N–H and O–H groups in total. The van der Waals surface area contributed by atoms with Crippen molar-refractivity contribution >= 4 is 11.6 Å². The first-order chi connectivity index (χ1) is 12.3. The molecule has 0 aromatic carbocycles. The summed E-state index contributed by atoms with van der Waals surface area (Å²) in [4.78, 5) is 24.6. The molecular weight excluding hydrogens is 328 g/mol. The number of carbonyl (C=O) groups is 2. The van der Waals surface area contributed by atoms with Gasteiger partial charge in [-0.15, -0.1) is 0 Å². The number of hydrogen-bond acceptors (Lipinski definition) is 4. The zero-order valence-corrected chi connectivity index (χ0v) is 16.3. The van der Waals surface area contributed by atoms with Gasteiger partial charge in [-0.25, -0.2) is 0 Å². The van der Waals surface area contributed by atoms with Crippen molar-refractivity contribution in [1.82, 2.24) is 0 Å². The molecule has 0 bridgehead atoms. The summed E-state index contributed by atoms with van der Waals surface area (Å²) < 4.78 is 5.12. The Morgan fingerprint density at radius 1 is 1.27 bits per heavy atom. The van der Waals surface area contributed by atoms with Crippen LogP contribution in [0.4, 0.5) is 0 Å². The summed E-state index contributed by atoms with van der Waals surface area (Å²) in [6, 6.07) is 0. The molecule has 144 valence electrons. The van der Waals surface area contributed by atoms with Crippen molar-refractivity contribution in [2.45, 2.75) is 64.9 Å². The number of hydrogen-bond donors (Lipinski definition) is 1. The van der Waals surface area contributed by atoms with E-state index >= 15 is 0 Å². The van der Waals surface area contributed by atoms with Crippen LogP contribution in [-0.2, 0) is 14.3 Å². The molecule has 0 amide bonds. The van der Waals surface area contributed by atoms with Gasteiger partial charge in [-0.2, -0.15) is 0 Å². The molecule has 26 heavy (non-hydrogen) atoms. The van der Waals surface area contributed by atoms with Crippen molar-refractivity contribution in [2.24, 2.45) is 34.5 Å². The number of ether oxygens (including phenoxy) is 1. The average Bonchev–Trinajstić information content (AvgIpc) is 2.92. The topological polar surface area (TPSA) is 63.6 Å². The third-order valence-corrected chi connectivity index (χ3v) is 8.57. The number of aliphatic hydroxyl groups excluding tert-OH is 1. The van der Waals surface area contributed by atoms with Gasteiger partial charge in [-0.3, -0.25) is 9.59 Å². The van der Waals surface area contributed by atoms with Crippen molar-refractivity contribution < 1.29 is 19.4 Å². The highest BCUT2D eigenvalue weighted by molar-refractivity contribution is 5.91. The largest absolute Gasteiger partial charge is 0.393 e. The summed E-state index contributed by atoms with van der Waals surface area (Å²) in [6.45, 7) is 4.70. The van der Waals surface area contributed by atoms with Crippen LogP contribution in [0.3, 0.4) is 0 Å². The van der Waals surface area contributed by atoms with E-state index in [2.05, 4.69) is 13.8 Å². The van der Waals surface area contributed by atoms with E-state index in [1.54, 1.807) is 7.11 Å². The number of fused-ring (bicyclic) bond motifs is 5. The van der Waals surface area contributed by atoms with Crippen LogP contribution in [0.25, 0.3) is 0 Å². The Bertz CT molecular complexity index is 653. The number of methoxy groups -OCH3 is 1. The highest BCUT2D eigenvalue weighted by Crippen LogP contribution is 2.66. The van der Waals surface area contributed by atoms with Gasteiger partial charge in [-0.05, 0) is 73.2 Å². The summed E-state index contributed by atoms with van der Waals surface area (Å²) >= 11 is 0. The third kappa shape index (κ3) is 2.48. The van der Waals surface area contributed by atoms with E-state index in [0.717, 1.165) is 32.1 Å². The molecular formula is C22H32O4. The summed E-state index contributed by atoms with van der Waals surface area (Å²) in [7, 11) is 1.58. The Labute approximate surface area is 156 Å². The van der Waals surface area contributed by atoms with E-state index in [9.17, 15) is 14.7 Å². The molecule has 0 aromatic heterocycles. The maximum atomic E-state index is 12.6. The van der Waals surface area contributed by atoms with Gasteiger partial charge in [-0.1, -0.05) is 19.4 Å². The van der Waals surface area contributed by atoms with Gasteiger partial charge in [0.1, 0.15) is 6.61 Å². The van der Waals surface area contributed by atoms with Crippen LogP contribution < -0.4 is 0 Å². The van der Waals surface area contributed by atoms with E-state index in [0.29, 0.717) is 24.7 Å². The van der Waals surface area contributed by atoms with E-state index in [4.69, 9.17) is 4.74 Å². The molecule has 0 unspecified atom stereocenters. The van der Waals surface area contributed by atoms with Crippen LogP contribution in [0.5, 0.6) is 0 Å². The Morgan fingerprint density at radius 2 is 2.04 bits per heavy atom. The molecule has 4 nitrogen and oxygen atoms in total. The van der Waals surface area contributed by atoms with Crippen molar-refractivity contribution in [3.05, 3.63) is 11.6 Å². The molecule has 0 aromatic rings. The lowest BCUT2D eigenvalue weighted by molar-refractivity contribution is -0.147. The Hall–Kier alpha value is -1.00. The summed E-state index contributed by atoms with van der Waals surface area (Å²) in [5, 5.41) is 11.3. The van der Waals surface area contributed by atoms with E-state index in [-0.39, 0.29) is 46.9 Å². The maximum Gasteiger partial charge on any atom is 0.162 e. The first kappa shape index (κ1) is 18.4. The van der Waals surface area contributed by atoms with Crippen LogP contribution in [0.15, 0.2) is 11.6 Å². The lowest BCUT2D eigenvalue weighted by Gasteiger charge is -2.59. The van der Waals surface area contributed by atoms with Crippen LogP contribution >= 0.6 is 0 Å². The standard InChI is InChI=1S/C22H32O4/c1-21-9-8-14(23)10-13(21)4-5-15-16-6-7-17(19(25)12-26-3)22(16,2)11-18(24)20(15)21/h10,15-18,20,24H,4-9,11-12H2,1-3H3/t15-,16-,17+,18-,20+,21-,22-/m0/s1. The number of rotatable bonds is 3. The fraction of sp³-hybridized carbons (Fsp3) is 0.818. The van der Waals surface area contributed by atoms with Crippen molar-refractivity contribution in [3.63, 3.8) is 0 Å². The first-order valence-corrected chi connectivity index (χ1v) is 10.2. The molecule has 4 heteroatoms. The summed E-state index contributed by atoms with van der Waals surface area (Å²) in [5.41, 5.74) is 1.10. The minimum absolute atomic E-state index is 0.0146. The van der Waals surface area contributed by atoms with Gasteiger partial charge >= 0.3 is 0 Å². The molecule has 3 fully saturated rings. The van der Waals surface area contributed by atoms with Crippen LogP contribution in [0, 0.1) is 34.5 Å². The highest BCUT2D eigenvalue weighted by atomic mass is 16.5. The minimum atomic E-state index is -0.390. The fourth-order valence-corrected chi connectivity index (χ4v) is 7.46. The first-order valence-electron chi connectivity index (χ1n) is 10.2. The normalized spacial score (nSPS) is 47.6. The van der Waals surface area contributed by atoms with Gasteiger partial charge in [0.25, 0.3) is 0 Å². The lowest BCUT2D eigenvalue weighted by atomic mass is 9.46. The minimum Gasteiger partial charge on any atom is -0.393 e.